The van der Waals surface area contributed by atoms with E-state index in [9.17, 15) is 9.90 Å². The van der Waals surface area contributed by atoms with Crippen LogP contribution in [0.5, 0.6) is 5.75 Å². The van der Waals surface area contributed by atoms with E-state index in [1.165, 1.54) is 5.56 Å². The number of hydrogen-bond donors (Lipinski definition) is 2. The third kappa shape index (κ3) is 4.62. The summed E-state index contributed by atoms with van der Waals surface area (Å²) in [5.74, 6) is 1.06. The van der Waals surface area contributed by atoms with Gasteiger partial charge in [0.05, 0.1) is 13.7 Å². The molecule has 0 spiro atoms. The average molecular weight is 438 g/mol. The highest BCUT2D eigenvalue weighted by Crippen LogP contribution is 2.42. The third-order valence-electron chi connectivity index (χ3n) is 6.77. The molecule has 2 aliphatic rings. The van der Waals surface area contributed by atoms with Gasteiger partial charge in [-0.2, -0.15) is 0 Å². The van der Waals surface area contributed by atoms with Crippen LogP contribution in [-0.4, -0.2) is 72.4 Å². The van der Waals surface area contributed by atoms with E-state index in [0.717, 1.165) is 42.8 Å². The van der Waals surface area contributed by atoms with E-state index in [-0.39, 0.29) is 36.7 Å². The predicted octanol–water partition coefficient (Wildman–Crippen LogP) is 3.70. The van der Waals surface area contributed by atoms with Crippen molar-refractivity contribution >= 4 is 6.03 Å². The monoisotopic (exact) mass is 437 g/mol. The number of nitrogens with one attached hydrogen (secondary N) is 1. The van der Waals surface area contributed by atoms with Crippen LogP contribution in [0.15, 0.2) is 48.5 Å². The van der Waals surface area contributed by atoms with Crippen molar-refractivity contribution in [3.8, 4) is 16.9 Å². The number of methoxy groups -OCH3 is 1. The van der Waals surface area contributed by atoms with Gasteiger partial charge < -0.3 is 20.1 Å². The highest BCUT2D eigenvalue weighted by Gasteiger charge is 2.49. The number of fused-ring (bicyclic) bond motifs is 1. The van der Waals surface area contributed by atoms with Crippen molar-refractivity contribution in [1.82, 2.24) is 15.1 Å². The van der Waals surface area contributed by atoms with Gasteiger partial charge in [0.15, 0.2) is 0 Å². The number of carbonyl (C=O) groups is 1. The van der Waals surface area contributed by atoms with Gasteiger partial charge in [-0.05, 0) is 62.1 Å². The van der Waals surface area contributed by atoms with Crippen LogP contribution in [0.2, 0.25) is 0 Å². The van der Waals surface area contributed by atoms with E-state index in [4.69, 9.17) is 4.74 Å². The Balaban J connectivity index is 1.55. The zero-order chi connectivity index (χ0) is 22.7. The van der Waals surface area contributed by atoms with E-state index in [0.29, 0.717) is 6.54 Å². The van der Waals surface area contributed by atoms with Crippen molar-refractivity contribution in [1.29, 1.82) is 0 Å². The third-order valence-corrected chi connectivity index (χ3v) is 6.77. The van der Waals surface area contributed by atoms with Gasteiger partial charge in [-0.15, -0.1) is 0 Å². The molecule has 2 amide bonds. The molecule has 0 saturated carbocycles. The lowest BCUT2D eigenvalue weighted by Gasteiger charge is -2.57. The molecule has 0 bridgehead atoms. The van der Waals surface area contributed by atoms with Gasteiger partial charge in [0.25, 0.3) is 0 Å². The Hall–Kier alpha value is -2.57. The predicted molar refractivity (Wildman–Crippen MR) is 127 cm³/mol. The normalized spacial score (nSPS) is 23.7. The van der Waals surface area contributed by atoms with Crippen LogP contribution in [-0.2, 0) is 0 Å². The summed E-state index contributed by atoms with van der Waals surface area (Å²) in [4.78, 5) is 17.1. The van der Waals surface area contributed by atoms with E-state index >= 15 is 0 Å². The van der Waals surface area contributed by atoms with Crippen LogP contribution in [0.25, 0.3) is 11.1 Å². The molecule has 2 heterocycles. The minimum atomic E-state index is 0.0152. The molecule has 6 heteroatoms. The van der Waals surface area contributed by atoms with Gasteiger partial charge in [0, 0.05) is 37.1 Å². The number of benzene rings is 2. The number of carbonyl (C=O) groups excluding carboxylic acids is 1. The molecule has 6 nitrogen and oxygen atoms in total. The topological polar surface area (TPSA) is 65.0 Å². The number of ether oxygens (including phenoxy) is 1. The van der Waals surface area contributed by atoms with E-state index < -0.39 is 0 Å². The van der Waals surface area contributed by atoms with Gasteiger partial charge in [-0.1, -0.05) is 36.4 Å². The Morgan fingerprint density at radius 2 is 1.88 bits per heavy atom. The molecule has 172 valence electrons. The molecule has 2 N–H and O–H groups in total. The number of nitrogens with zero attached hydrogens (tertiary/aromatic N) is 2. The number of amides is 2. The lowest BCUT2D eigenvalue weighted by atomic mass is 9.74. The molecular weight excluding hydrogens is 402 g/mol. The molecule has 0 radical (unpaired) electrons. The van der Waals surface area contributed by atoms with Gasteiger partial charge in [-0.3, -0.25) is 4.90 Å². The fraction of sp³-hybridized carbons (Fsp3) is 0.500. The summed E-state index contributed by atoms with van der Waals surface area (Å²) in [7, 11) is 1.68. The summed E-state index contributed by atoms with van der Waals surface area (Å²) in [6.45, 7) is 6.58. The molecule has 3 atom stereocenters. The first-order valence-electron chi connectivity index (χ1n) is 11.7. The van der Waals surface area contributed by atoms with Crippen LogP contribution in [0.4, 0.5) is 4.79 Å². The maximum absolute atomic E-state index is 12.7. The van der Waals surface area contributed by atoms with Crippen molar-refractivity contribution < 1.29 is 14.6 Å². The fourth-order valence-corrected chi connectivity index (χ4v) is 5.16. The highest BCUT2D eigenvalue weighted by atomic mass is 16.5. The number of rotatable bonds is 5. The van der Waals surface area contributed by atoms with Crippen LogP contribution in [0.3, 0.4) is 0 Å². The minimum absolute atomic E-state index is 0.0152. The largest absolute Gasteiger partial charge is 0.497 e. The molecule has 2 saturated heterocycles. The Morgan fingerprint density at radius 1 is 1.12 bits per heavy atom. The van der Waals surface area contributed by atoms with Crippen LogP contribution in [0, 0.1) is 0 Å². The molecule has 2 aliphatic heterocycles. The summed E-state index contributed by atoms with van der Waals surface area (Å²) in [6.07, 6.45) is 2.03. The number of hydrogen-bond acceptors (Lipinski definition) is 4. The Bertz CT molecular complexity index is 915. The number of aliphatic hydroxyl groups is 1. The van der Waals surface area contributed by atoms with Gasteiger partial charge in [0.1, 0.15) is 5.75 Å². The van der Waals surface area contributed by atoms with Crippen LogP contribution >= 0.6 is 0 Å². The van der Waals surface area contributed by atoms with E-state index in [1.807, 2.05) is 36.9 Å². The summed E-state index contributed by atoms with van der Waals surface area (Å²) in [6, 6.07) is 17.2. The fourth-order valence-electron chi connectivity index (χ4n) is 5.16. The summed E-state index contributed by atoms with van der Waals surface area (Å²) >= 11 is 0. The SMILES string of the molecule is COc1cccc(-c2ccc([C@H]3[C@@H](CO)N4CCCCN(C(=O)NC(C)C)C[C@@H]34)cc2)c1. The highest BCUT2D eigenvalue weighted by molar-refractivity contribution is 5.74. The second-order valence-corrected chi connectivity index (χ2v) is 9.19. The first-order valence-corrected chi connectivity index (χ1v) is 11.7. The van der Waals surface area contributed by atoms with Gasteiger partial charge in [-0.25, -0.2) is 4.79 Å². The summed E-state index contributed by atoms with van der Waals surface area (Å²) in [5, 5.41) is 13.2. The van der Waals surface area contributed by atoms with Crippen molar-refractivity contribution in [3.05, 3.63) is 54.1 Å². The van der Waals surface area contributed by atoms with E-state index in [1.54, 1.807) is 7.11 Å². The Morgan fingerprint density at radius 3 is 2.56 bits per heavy atom. The molecule has 2 fully saturated rings. The average Bonchev–Trinajstić information content (AvgIpc) is 2.78. The van der Waals surface area contributed by atoms with Crippen molar-refractivity contribution in [2.45, 2.75) is 50.7 Å². The van der Waals surface area contributed by atoms with Gasteiger partial charge in [0.2, 0.25) is 0 Å². The standard InChI is InChI=1S/C26H35N3O3/c1-18(2)27-26(31)28-13-4-5-14-29-23(16-28)25(24(29)17-30)20-11-9-19(10-12-20)21-7-6-8-22(15-21)32-3/h6-12,15,18,23-25,30H,4-5,13-14,16-17H2,1-3H3,(H,27,31)/t23-,24+,25+/m0/s1. The Labute approximate surface area is 191 Å². The van der Waals surface area contributed by atoms with Crippen LogP contribution < -0.4 is 10.1 Å². The van der Waals surface area contributed by atoms with E-state index in [2.05, 4.69) is 40.5 Å². The molecule has 0 aliphatic carbocycles. The molecule has 0 aromatic heterocycles. The number of urea groups is 1. The quantitative estimate of drug-likeness (QED) is 0.749. The van der Waals surface area contributed by atoms with Crippen molar-refractivity contribution in [2.75, 3.05) is 33.4 Å². The van der Waals surface area contributed by atoms with Crippen molar-refractivity contribution in [3.63, 3.8) is 0 Å². The maximum atomic E-state index is 12.7. The molecule has 2 aromatic carbocycles. The first-order chi connectivity index (χ1) is 15.5. The summed E-state index contributed by atoms with van der Waals surface area (Å²) in [5.41, 5.74) is 3.48. The summed E-state index contributed by atoms with van der Waals surface area (Å²) < 4.78 is 5.36. The second kappa shape index (κ2) is 9.92. The molecule has 32 heavy (non-hydrogen) atoms. The maximum Gasteiger partial charge on any atom is 0.317 e. The first kappa shape index (κ1) is 22.6. The smallest absolute Gasteiger partial charge is 0.317 e. The molecule has 2 aromatic rings. The second-order valence-electron chi connectivity index (χ2n) is 9.19. The lowest BCUT2D eigenvalue weighted by Crippen LogP contribution is -2.68. The lowest BCUT2D eigenvalue weighted by molar-refractivity contribution is -0.0591. The van der Waals surface area contributed by atoms with Gasteiger partial charge >= 0.3 is 6.03 Å². The molecule has 0 unspecified atom stereocenters. The minimum Gasteiger partial charge on any atom is -0.497 e. The van der Waals surface area contributed by atoms with Crippen molar-refractivity contribution in [2.24, 2.45) is 0 Å². The molecular formula is C26H35N3O3. The van der Waals surface area contributed by atoms with Crippen LogP contribution in [0.1, 0.15) is 38.2 Å². The number of aliphatic hydroxyl groups excluding tert-OH is 1. The molecule has 4 rings (SSSR count). The Kier molecular flexibility index (Phi) is 7.01. The zero-order valence-corrected chi connectivity index (χ0v) is 19.3. The zero-order valence-electron chi connectivity index (χ0n) is 19.3.